The van der Waals surface area contributed by atoms with Crippen LogP contribution in [0.15, 0.2) is 22.6 Å². The Morgan fingerprint density at radius 2 is 1.85 bits per heavy atom. The largest absolute Gasteiger partial charge is 0.494 e. The molecular formula is C22H27NO3. The minimum Gasteiger partial charge on any atom is -0.494 e. The van der Waals surface area contributed by atoms with Gasteiger partial charge in [-0.1, -0.05) is 0 Å². The van der Waals surface area contributed by atoms with Gasteiger partial charge in [-0.3, -0.25) is 4.79 Å². The summed E-state index contributed by atoms with van der Waals surface area (Å²) in [5.41, 5.74) is 1.67. The molecule has 0 radical (unpaired) electrons. The van der Waals surface area contributed by atoms with E-state index < -0.39 is 0 Å². The first-order valence-electron chi connectivity index (χ1n) is 10.0. The van der Waals surface area contributed by atoms with Crippen LogP contribution in [0.1, 0.15) is 61.6 Å². The van der Waals surface area contributed by atoms with Crippen molar-refractivity contribution in [1.29, 1.82) is 0 Å². The average molecular weight is 353 g/mol. The van der Waals surface area contributed by atoms with Crippen LogP contribution in [0.4, 0.5) is 0 Å². The molecule has 4 fully saturated rings. The average Bonchev–Trinajstić information content (AvgIpc) is 2.90. The van der Waals surface area contributed by atoms with Crippen molar-refractivity contribution < 1.29 is 13.9 Å². The van der Waals surface area contributed by atoms with Gasteiger partial charge in [0.1, 0.15) is 11.3 Å². The van der Waals surface area contributed by atoms with Crippen LogP contribution in [-0.2, 0) is 0 Å². The van der Waals surface area contributed by atoms with Crippen molar-refractivity contribution in [3.05, 3.63) is 29.5 Å². The van der Waals surface area contributed by atoms with Gasteiger partial charge < -0.3 is 14.5 Å². The summed E-state index contributed by atoms with van der Waals surface area (Å²) >= 11 is 0. The zero-order valence-electron chi connectivity index (χ0n) is 15.6. The first-order valence-corrected chi connectivity index (χ1v) is 10.0. The van der Waals surface area contributed by atoms with E-state index in [2.05, 4.69) is 5.32 Å². The molecule has 1 heterocycles. The highest BCUT2D eigenvalue weighted by atomic mass is 16.5. The molecule has 1 aromatic carbocycles. The lowest BCUT2D eigenvalue weighted by Gasteiger charge is -2.56. The molecule has 4 heteroatoms. The summed E-state index contributed by atoms with van der Waals surface area (Å²) < 4.78 is 11.5. The molecule has 0 saturated heterocycles. The second-order valence-electron chi connectivity index (χ2n) is 8.80. The molecule has 4 nitrogen and oxygen atoms in total. The van der Waals surface area contributed by atoms with E-state index in [9.17, 15) is 4.79 Å². The number of aryl methyl sites for hydroxylation is 1. The lowest BCUT2D eigenvalue weighted by molar-refractivity contribution is -0.0171. The van der Waals surface area contributed by atoms with Crippen LogP contribution < -0.4 is 10.1 Å². The molecule has 0 unspecified atom stereocenters. The Morgan fingerprint density at radius 3 is 2.46 bits per heavy atom. The molecule has 1 aromatic heterocycles. The predicted octanol–water partition coefficient (Wildman–Crippen LogP) is 4.84. The van der Waals surface area contributed by atoms with E-state index >= 15 is 0 Å². The molecular weight excluding hydrogens is 326 g/mol. The Balaban J connectivity index is 1.43. The number of hydrogen-bond acceptors (Lipinski definition) is 3. The molecule has 4 aliphatic rings. The molecule has 0 atom stereocenters. The van der Waals surface area contributed by atoms with Crippen molar-refractivity contribution in [3.8, 4) is 5.75 Å². The number of nitrogens with one attached hydrogen (secondary N) is 1. The number of carbonyl (C=O) groups excluding carboxylic acids is 1. The standard InChI is InChI=1S/C22H27NO3/c1-3-25-17-4-5-19-18(9-17)13(2)20(26-19)21(24)23-22-10-14-6-15(11-22)8-16(7-14)12-22/h4-5,9,14-16H,3,6-8,10-12H2,1-2H3,(H,23,24). The highest BCUT2D eigenvalue weighted by Gasteiger charge is 2.51. The molecule has 26 heavy (non-hydrogen) atoms. The number of rotatable bonds is 4. The summed E-state index contributed by atoms with van der Waals surface area (Å²) in [6.07, 6.45) is 7.58. The first-order chi connectivity index (χ1) is 12.5. The number of carbonyl (C=O) groups is 1. The maximum Gasteiger partial charge on any atom is 0.287 e. The van der Waals surface area contributed by atoms with Gasteiger partial charge in [0.15, 0.2) is 5.76 Å². The molecule has 4 bridgehead atoms. The number of ether oxygens (including phenoxy) is 1. The number of fused-ring (bicyclic) bond motifs is 1. The van der Waals surface area contributed by atoms with Crippen molar-refractivity contribution in [3.63, 3.8) is 0 Å². The Labute approximate surface area is 154 Å². The third-order valence-corrected chi connectivity index (χ3v) is 6.84. The summed E-state index contributed by atoms with van der Waals surface area (Å²) in [4.78, 5) is 13.1. The Bertz CT molecular complexity index is 830. The van der Waals surface area contributed by atoms with Crippen LogP contribution in [0.25, 0.3) is 11.0 Å². The fraction of sp³-hybridized carbons (Fsp3) is 0.591. The van der Waals surface area contributed by atoms with Gasteiger partial charge in [0.25, 0.3) is 5.91 Å². The van der Waals surface area contributed by atoms with Gasteiger partial charge in [0, 0.05) is 16.5 Å². The molecule has 0 spiro atoms. The van der Waals surface area contributed by atoms with Crippen molar-refractivity contribution in [2.45, 2.75) is 57.9 Å². The van der Waals surface area contributed by atoms with Gasteiger partial charge in [-0.15, -0.1) is 0 Å². The van der Waals surface area contributed by atoms with E-state index in [0.717, 1.165) is 59.3 Å². The molecule has 2 aromatic rings. The lowest BCUT2D eigenvalue weighted by atomic mass is 9.53. The molecule has 1 N–H and O–H groups in total. The van der Waals surface area contributed by atoms with Gasteiger partial charge >= 0.3 is 0 Å². The van der Waals surface area contributed by atoms with E-state index in [0.29, 0.717) is 12.4 Å². The topological polar surface area (TPSA) is 51.5 Å². The van der Waals surface area contributed by atoms with E-state index in [1.165, 1.54) is 19.3 Å². The zero-order chi connectivity index (χ0) is 17.9. The smallest absolute Gasteiger partial charge is 0.287 e. The lowest BCUT2D eigenvalue weighted by Crippen LogP contribution is -2.59. The normalized spacial score (nSPS) is 32.2. The first kappa shape index (κ1) is 16.2. The van der Waals surface area contributed by atoms with Crippen LogP contribution in [0, 0.1) is 24.7 Å². The van der Waals surface area contributed by atoms with Gasteiger partial charge in [0.2, 0.25) is 0 Å². The number of hydrogen-bond donors (Lipinski definition) is 1. The van der Waals surface area contributed by atoms with Crippen molar-refractivity contribution >= 4 is 16.9 Å². The summed E-state index contributed by atoms with van der Waals surface area (Å²) in [5, 5.41) is 4.38. The molecule has 138 valence electrons. The molecule has 6 rings (SSSR count). The number of furan rings is 1. The SMILES string of the molecule is CCOc1ccc2oc(C(=O)NC34CC5CC(CC(C5)C3)C4)c(C)c2c1. The van der Waals surface area contributed by atoms with E-state index in [4.69, 9.17) is 9.15 Å². The van der Waals surface area contributed by atoms with Gasteiger partial charge in [-0.05, 0) is 88.3 Å². The van der Waals surface area contributed by atoms with Crippen LogP contribution in [0.5, 0.6) is 5.75 Å². The van der Waals surface area contributed by atoms with Gasteiger partial charge in [-0.25, -0.2) is 0 Å². The highest BCUT2D eigenvalue weighted by Crippen LogP contribution is 2.55. The van der Waals surface area contributed by atoms with E-state index in [1.807, 2.05) is 32.0 Å². The molecule has 4 saturated carbocycles. The summed E-state index contributed by atoms with van der Waals surface area (Å²) in [5.74, 6) is 3.67. The van der Waals surface area contributed by atoms with Crippen LogP contribution in [0.2, 0.25) is 0 Å². The molecule has 1 amide bonds. The van der Waals surface area contributed by atoms with E-state index in [1.54, 1.807) is 0 Å². The summed E-state index contributed by atoms with van der Waals surface area (Å²) in [6, 6.07) is 5.77. The third kappa shape index (κ3) is 2.53. The highest BCUT2D eigenvalue weighted by molar-refractivity contribution is 5.99. The fourth-order valence-electron chi connectivity index (χ4n) is 6.23. The monoisotopic (exact) mass is 353 g/mol. The minimum absolute atomic E-state index is 0.00767. The second-order valence-corrected chi connectivity index (χ2v) is 8.80. The van der Waals surface area contributed by atoms with Gasteiger partial charge in [-0.2, -0.15) is 0 Å². The van der Waals surface area contributed by atoms with Crippen LogP contribution >= 0.6 is 0 Å². The Hall–Kier alpha value is -1.97. The van der Waals surface area contributed by atoms with Crippen molar-refractivity contribution in [2.24, 2.45) is 17.8 Å². The maximum atomic E-state index is 13.1. The van der Waals surface area contributed by atoms with Crippen LogP contribution in [0.3, 0.4) is 0 Å². The molecule has 4 aliphatic carbocycles. The quantitative estimate of drug-likeness (QED) is 0.856. The van der Waals surface area contributed by atoms with Crippen molar-refractivity contribution in [2.75, 3.05) is 6.61 Å². The van der Waals surface area contributed by atoms with E-state index in [-0.39, 0.29) is 11.4 Å². The summed E-state index contributed by atoms with van der Waals surface area (Å²) in [6.45, 7) is 4.56. The van der Waals surface area contributed by atoms with Crippen LogP contribution in [-0.4, -0.2) is 18.1 Å². The van der Waals surface area contributed by atoms with Gasteiger partial charge in [0.05, 0.1) is 6.61 Å². The predicted molar refractivity (Wildman–Crippen MR) is 100 cm³/mol. The number of amides is 1. The second kappa shape index (κ2) is 5.77. The Morgan fingerprint density at radius 1 is 1.19 bits per heavy atom. The molecule has 0 aliphatic heterocycles. The third-order valence-electron chi connectivity index (χ3n) is 6.84. The van der Waals surface area contributed by atoms with Crippen molar-refractivity contribution in [1.82, 2.24) is 5.32 Å². The zero-order valence-corrected chi connectivity index (χ0v) is 15.6. The number of benzene rings is 1. The Kier molecular flexibility index (Phi) is 3.60. The minimum atomic E-state index is -0.0430. The maximum absolute atomic E-state index is 13.1. The summed E-state index contributed by atoms with van der Waals surface area (Å²) in [7, 11) is 0. The fourth-order valence-corrected chi connectivity index (χ4v) is 6.23.